The molecule has 1 aromatic carbocycles. The number of halogens is 2. The van der Waals surface area contributed by atoms with Gasteiger partial charge in [0, 0.05) is 23.6 Å². The van der Waals surface area contributed by atoms with Gasteiger partial charge in [-0.15, -0.1) is 0 Å². The van der Waals surface area contributed by atoms with Gasteiger partial charge in [0.05, 0.1) is 35.4 Å². The van der Waals surface area contributed by atoms with E-state index >= 15 is 0 Å². The van der Waals surface area contributed by atoms with E-state index in [1.807, 2.05) is 40.8 Å². The van der Waals surface area contributed by atoms with E-state index in [1.54, 1.807) is 6.07 Å². The van der Waals surface area contributed by atoms with Crippen LogP contribution in [0.25, 0.3) is 10.9 Å². The summed E-state index contributed by atoms with van der Waals surface area (Å²) in [5, 5.41) is 1.96. The average Bonchev–Trinajstić information content (AvgIpc) is 2.95. The number of benzene rings is 1. The van der Waals surface area contributed by atoms with Gasteiger partial charge in [-0.05, 0) is 26.3 Å². The number of ether oxygens (including phenoxy) is 3. The zero-order valence-corrected chi connectivity index (χ0v) is 16.3. The molecule has 24 heavy (non-hydrogen) atoms. The average molecular weight is 374 g/mol. The van der Waals surface area contributed by atoms with Crippen LogP contribution in [0.15, 0.2) is 12.3 Å². The van der Waals surface area contributed by atoms with Crippen LogP contribution in [0.3, 0.4) is 0 Å². The Hall–Kier alpha value is -0.940. The van der Waals surface area contributed by atoms with Crippen LogP contribution in [-0.2, 0) is 9.47 Å². The normalized spacial score (nSPS) is 17.5. The maximum absolute atomic E-state index is 6.23. The number of rotatable bonds is 3. The molecule has 0 aliphatic carbocycles. The van der Waals surface area contributed by atoms with Crippen LogP contribution in [-0.4, -0.2) is 30.6 Å². The fraction of sp³-hybridized carbons (Fsp3) is 0.556. The highest BCUT2D eigenvalue weighted by atomic mass is 35.5. The molecule has 0 spiro atoms. The summed E-state index contributed by atoms with van der Waals surface area (Å²) in [4.78, 5) is 3.14. The van der Waals surface area contributed by atoms with Gasteiger partial charge in [-0.1, -0.05) is 37.0 Å². The van der Waals surface area contributed by atoms with E-state index < -0.39 is 5.79 Å². The number of H-pyrrole nitrogens is 1. The molecule has 1 fully saturated rings. The molecule has 1 saturated heterocycles. The Kier molecular flexibility index (Phi) is 6.43. The van der Waals surface area contributed by atoms with Crippen LogP contribution in [0, 0.1) is 12.8 Å². The van der Waals surface area contributed by atoms with Crippen LogP contribution in [0.2, 0.25) is 10.0 Å². The lowest BCUT2D eigenvalue weighted by molar-refractivity contribution is -0.264. The molecule has 2 aromatic rings. The Balaban J connectivity index is 0.00000100. The van der Waals surface area contributed by atoms with Crippen LogP contribution in [0.5, 0.6) is 5.75 Å². The Morgan fingerprint density at radius 3 is 2.50 bits per heavy atom. The number of fused-ring (bicyclic) bond motifs is 1. The minimum Gasteiger partial charge on any atom is -0.492 e. The summed E-state index contributed by atoms with van der Waals surface area (Å²) in [6.45, 7) is 11.6. The van der Waals surface area contributed by atoms with Crippen LogP contribution < -0.4 is 4.74 Å². The van der Waals surface area contributed by atoms with Gasteiger partial charge >= 0.3 is 0 Å². The SMILES string of the molecule is CC.Cc1c[nH]c2c(Cl)c(Cl)cc(OCC3COC(C)(C)OC3)c12. The highest BCUT2D eigenvalue weighted by Gasteiger charge is 2.28. The molecule has 1 aliphatic rings. The first-order valence-electron chi connectivity index (χ1n) is 8.24. The number of aromatic nitrogens is 1. The zero-order valence-electron chi connectivity index (χ0n) is 14.8. The van der Waals surface area contributed by atoms with Crippen molar-refractivity contribution < 1.29 is 14.2 Å². The number of nitrogens with one attached hydrogen (secondary N) is 1. The summed E-state index contributed by atoms with van der Waals surface area (Å²) in [7, 11) is 0. The van der Waals surface area contributed by atoms with E-state index in [2.05, 4.69) is 4.98 Å². The van der Waals surface area contributed by atoms with Crippen molar-refractivity contribution in [1.82, 2.24) is 4.98 Å². The first-order valence-corrected chi connectivity index (χ1v) is 8.99. The summed E-state index contributed by atoms with van der Waals surface area (Å²) in [6.07, 6.45) is 1.90. The van der Waals surface area contributed by atoms with E-state index in [0.717, 1.165) is 22.2 Å². The zero-order chi connectivity index (χ0) is 17.9. The standard InChI is InChI=1S/C16H19Cl2NO3.C2H6/c1-9-5-19-15-13(9)12(4-11(17)14(15)18)20-6-10-7-21-16(2,3)22-8-10;1-2/h4-5,10,19H,6-8H2,1-3H3;1-2H3. The van der Waals surface area contributed by atoms with E-state index in [9.17, 15) is 0 Å². The minimum absolute atomic E-state index is 0.191. The second kappa shape index (κ2) is 7.96. The number of aromatic amines is 1. The number of hydrogen-bond acceptors (Lipinski definition) is 3. The maximum atomic E-state index is 6.23. The van der Waals surface area contributed by atoms with Gasteiger partial charge in [-0.2, -0.15) is 0 Å². The molecule has 4 nitrogen and oxygen atoms in total. The molecule has 6 heteroatoms. The third-order valence-corrected chi connectivity index (χ3v) is 4.61. The van der Waals surface area contributed by atoms with Gasteiger partial charge in [0.2, 0.25) is 0 Å². The van der Waals surface area contributed by atoms with E-state index in [4.69, 9.17) is 37.4 Å². The topological polar surface area (TPSA) is 43.5 Å². The Bertz CT molecular complexity index is 687. The maximum Gasteiger partial charge on any atom is 0.162 e. The first kappa shape index (κ1) is 19.4. The molecule has 2 heterocycles. The molecular weight excluding hydrogens is 349 g/mol. The lowest BCUT2D eigenvalue weighted by atomic mass is 10.1. The lowest BCUT2D eigenvalue weighted by Crippen LogP contribution is -2.41. The van der Waals surface area contributed by atoms with Crippen molar-refractivity contribution in [3.8, 4) is 5.75 Å². The highest BCUT2D eigenvalue weighted by Crippen LogP contribution is 2.38. The molecule has 1 aliphatic heterocycles. The molecule has 0 amide bonds. The minimum atomic E-state index is -0.509. The van der Waals surface area contributed by atoms with Crippen molar-refractivity contribution in [2.24, 2.45) is 5.92 Å². The Morgan fingerprint density at radius 1 is 1.25 bits per heavy atom. The summed E-state index contributed by atoms with van der Waals surface area (Å²) in [5.41, 5.74) is 1.87. The molecule has 0 atom stereocenters. The van der Waals surface area contributed by atoms with Crippen LogP contribution >= 0.6 is 23.2 Å². The van der Waals surface area contributed by atoms with Crippen LogP contribution in [0.1, 0.15) is 33.3 Å². The molecular formula is C18H25Cl2NO3. The van der Waals surface area contributed by atoms with Crippen molar-refractivity contribution in [1.29, 1.82) is 0 Å². The van der Waals surface area contributed by atoms with Gasteiger partial charge in [0.15, 0.2) is 5.79 Å². The van der Waals surface area contributed by atoms with Gasteiger partial charge < -0.3 is 19.2 Å². The molecule has 0 radical (unpaired) electrons. The third kappa shape index (κ3) is 4.17. The molecule has 3 rings (SSSR count). The fourth-order valence-corrected chi connectivity index (χ4v) is 2.92. The fourth-order valence-electron chi connectivity index (χ4n) is 2.53. The van der Waals surface area contributed by atoms with E-state index in [-0.39, 0.29) is 5.92 Å². The molecule has 134 valence electrons. The van der Waals surface area contributed by atoms with Gasteiger partial charge in [-0.25, -0.2) is 0 Å². The second-order valence-electron chi connectivity index (χ2n) is 6.09. The predicted octanol–water partition coefficient (Wildman–Crippen LogP) is 5.59. The third-order valence-electron chi connectivity index (χ3n) is 3.82. The van der Waals surface area contributed by atoms with Crippen LogP contribution in [0.4, 0.5) is 0 Å². The quantitative estimate of drug-likeness (QED) is 0.762. The summed E-state index contributed by atoms with van der Waals surface area (Å²) < 4.78 is 17.3. The van der Waals surface area contributed by atoms with Gasteiger partial charge in [0.25, 0.3) is 0 Å². The predicted molar refractivity (Wildman–Crippen MR) is 99.4 cm³/mol. The lowest BCUT2D eigenvalue weighted by Gasteiger charge is -2.34. The summed E-state index contributed by atoms with van der Waals surface area (Å²) in [5.74, 6) is 0.412. The second-order valence-corrected chi connectivity index (χ2v) is 6.88. The van der Waals surface area contributed by atoms with Crippen molar-refractivity contribution in [2.45, 2.75) is 40.4 Å². The monoisotopic (exact) mass is 373 g/mol. The van der Waals surface area contributed by atoms with Crippen molar-refractivity contribution in [3.63, 3.8) is 0 Å². The first-order chi connectivity index (χ1) is 11.4. The molecule has 0 saturated carbocycles. The van der Waals surface area contributed by atoms with E-state index in [1.165, 1.54) is 0 Å². The Morgan fingerprint density at radius 2 is 1.88 bits per heavy atom. The number of aryl methyl sites for hydroxylation is 1. The summed E-state index contributed by atoms with van der Waals surface area (Å²) >= 11 is 12.4. The number of hydrogen-bond donors (Lipinski definition) is 1. The highest BCUT2D eigenvalue weighted by molar-refractivity contribution is 6.45. The van der Waals surface area contributed by atoms with Gasteiger partial charge in [0.1, 0.15) is 5.75 Å². The van der Waals surface area contributed by atoms with Crippen molar-refractivity contribution in [3.05, 3.63) is 27.9 Å². The largest absolute Gasteiger partial charge is 0.492 e. The Labute approximate surface area is 153 Å². The molecule has 0 unspecified atom stereocenters. The smallest absolute Gasteiger partial charge is 0.162 e. The van der Waals surface area contributed by atoms with Crippen molar-refractivity contribution >= 4 is 34.1 Å². The molecule has 0 bridgehead atoms. The van der Waals surface area contributed by atoms with Crippen molar-refractivity contribution in [2.75, 3.05) is 19.8 Å². The molecule has 1 N–H and O–H groups in total. The van der Waals surface area contributed by atoms with E-state index in [0.29, 0.717) is 29.9 Å². The summed E-state index contributed by atoms with van der Waals surface area (Å²) in [6, 6.07) is 1.77. The molecule has 1 aromatic heterocycles. The van der Waals surface area contributed by atoms with Gasteiger partial charge in [-0.3, -0.25) is 0 Å².